The first-order valence-electron chi connectivity index (χ1n) is 8.00. The van der Waals surface area contributed by atoms with E-state index in [1.54, 1.807) is 12.1 Å². The minimum absolute atomic E-state index is 0.501. The van der Waals surface area contributed by atoms with Crippen molar-refractivity contribution in [3.63, 3.8) is 0 Å². The minimum atomic E-state index is 0.501. The highest BCUT2D eigenvalue weighted by atomic mass is 79.9. The Labute approximate surface area is 166 Å². The summed E-state index contributed by atoms with van der Waals surface area (Å²) in [7, 11) is 0. The van der Waals surface area contributed by atoms with Crippen LogP contribution in [0, 0.1) is 11.3 Å². The number of hydrogen-bond donors (Lipinski definition) is 0. The lowest BCUT2D eigenvalue weighted by Crippen LogP contribution is -1.95. The zero-order chi connectivity index (χ0) is 18.4. The Balaban J connectivity index is 1.79. The van der Waals surface area contributed by atoms with Gasteiger partial charge in [-0.2, -0.15) is 5.26 Å². The molecule has 0 aromatic heterocycles. The molecule has 0 bridgehead atoms. The third kappa shape index (κ3) is 4.76. The molecule has 0 aliphatic heterocycles. The fraction of sp³-hybridized carbons (Fsp3) is 0.0455. The number of benzene rings is 3. The molecule has 3 rings (SSSR count). The third-order valence-corrected chi connectivity index (χ3v) is 4.61. The molecular formula is C22H15BrClNO. The van der Waals surface area contributed by atoms with Gasteiger partial charge in [0.1, 0.15) is 12.4 Å². The second-order valence-corrected chi connectivity index (χ2v) is 6.94. The number of hydrogen-bond acceptors (Lipinski definition) is 2. The van der Waals surface area contributed by atoms with Crippen molar-refractivity contribution in [1.29, 1.82) is 5.26 Å². The highest BCUT2D eigenvalue weighted by molar-refractivity contribution is 9.10. The number of nitriles is 1. The predicted molar refractivity (Wildman–Crippen MR) is 110 cm³/mol. The second-order valence-electron chi connectivity index (χ2n) is 5.64. The fourth-order valence-corrected chi connectivity index (χ4v) is 3.16. The Kier molecular flexibility index (Phi) is 6.12. The lowest BCUT2D eigenvalue weighted by atomic mass is 10.0. The van der Waals surface area contributed by atoms with Crippen molar-refractivity contribution >= 4 is 39.2 Å². The molecule has 0 fully saturated rings. The van der Waals surface area contributed by atoms with Crippen molar-refractivity contribution in [3.8, 4) is 11.8 Å². The highest BCUT2D eigenvalue weighted by Gasteiger charge is 2.05. The average molecular weight is 425 g/mol. The molecule has 0 heterocycles. The first kappa shape index (κ1) is 18.3. The van der Waals surface area contributed by atoms with Gasteiger partial charge < -0.3 is 4.74 Å². The molecule has 0 aliphatic carbocycles. The molecule has 3 aromatic carbocycles. The summed E-state index contributed by atoms with van der Waals surface area (Å²) < 4.78 is 6.70. The van der Waals surface area contributed by atoms with Gasteiger partial charge in [0.15, 0.2) is 0 Å². The maximum atomic E-state index is 9.47. The van der Waals surface area contributed by atoms with Crippen LogP contribution in [-0.4, -0.2) is 0 Å². The maximum Gasteiger partial charge on any atom is 0.134 e. The van der Waals surface area contributed by atoms with E-state index in [0.29, 0.717) is 17.2 Å². The van der Waals surface area contributed by atoms with Crippen LogP contribution in [0.4, 0.5) is 0 Å². The van der Waals surface area contributed by atoms with Gasteiger partial charge in [-0.1, -0.05) is 60.1 Å². The Hall–Kier alpha value is -2.54. The molecule has 0 spiro atoms. The molecular weight excluding hydrogens is 410 g/mol. The van der Waals surface area contributed by atoms with Gasteiger partial charge in [-0.15, -0.1) is 0 Å². The Morgan fingerprint density at radius 3 is 2.54 bits per heavy atom. The van der Waals surface area contributed by atoms with Crippen LogP contribution in [0.5, 0.6) is 5.75 Å². The maximum absolute atomic E-state index is 9.47. The van der Waals surface area contributed by atoms with Gasteiger partial charge in [-0.05, 0) is 63.0 Å². The van der Waals surface area contributed by atoms with Crippen LogP contribution in [0.2, 0.25) is 5.02 Å². The average Bonchev–Trinajstić information content (AvgIpc) is 2.66. The van der Waals surface area contributed by atoms with Crippen LogP contribution >= 0.6 is 27.5 Å². The van der Waals surface area contributed by atoms with Crippen molar-refractivity contribution in [2.24, 2.45) is 0 Å². The molecule has 0 saturated carbocycles. The molecule has 3 aromatic rings. The summed E-state index contributed by atoms with van der Waals surface area (Å²) >= 11 is 9.56. The van der Waals surface area contributed by atoms with E-state index in [0.717, 1.165) is 26.9 Å². The van der Waals surface area contributed by atoms with Crippen LogP contribution in [-0.2, 0) is 6.61 Å². The van der Waals surface area contributed by atoms with E-state index in [9.17, 15) is 5.26 Å². The zero-order valence-electron chi connectivity index (χ0n) is 13.8. The second kappa shape index (κ2) is 8.71. The lowest BCUT2D eigenvalue weighted by molar-refractivity contribution is 0.304. The molecule has 0 atom stereocenters. The molecule has 0 saturated heterocycles. The molecule has 4 heteroatoms. The quantitative estimate of drug-likeness (QED) is 0.335. The molecule has 2 nitrogen and oxygen atoms in total. The number of halogens is 2. The molecule has 0 amide bonds. The van der Waals surface area contributed by atoms with E-state index < -0.39 is 0 Å². The number of ether oxygens (including phenoxy) is 1. The topological polar surface area (TPSA) is 33.0 Å². The third-order valence-electron chi connectivity index (χ3n) is 3.76. The van der Waals surface area contributed by atoms with Gasteiger partial charge in [0.2, 0.25) is 0 Å². The Morgan fingerprint density at radius 2 is 1.85 bits per heavy atom. The van der Waals surface area contributed by atoms with Crippen LogP contribution in [0.1, 0.15) is 16.7 Å². The summed E-state index contributed by atoms with van der Waals surface area (Å²) in [6.07, 6.45) is 1.83. The first-order valence-corrected chi connectivity index (χ1v) is 9.17. The van der Waals surface area contributed by atoms with Crippen molar-refractivity contribution in [2.45, 2.75) is 6.61 Å². The highest BCUT2D eigenvalue weighted by Crippen LogP contribution is 2.29. The smallest absolute Gasteiger partial charge is 0.134 e. The number of rotatable bonds is 5. The van der Waals surface area contributed by atoms with Crippen LogP contribution in [0.15, 0.2) is 77.3 Å². The van der Waals surface area contributed by atoms with E-state index in [2.05, 4.69) is 22.0 Å². The van der Waals surface area contributed by atoms with Gasteiger partial charge in [-0.3, -0.25) is 0 Å². The minimum Gasteiger partial charge on any atom is -0.488 e. The zero-order valence-corrected chi connectivity index (χ0v) is 16.2. The van der Waals surface area contributed by atoms with E-state index in [4.69, 9.17) is 16.3 Å². The van der Waals surface area contributed by atoms with E-state index in [1.807, 2.05) is 66.7 Å². The van der Waals surface area contributed by atoms with Gasteiger partial charge >= 0.3 is 0 Å². The summed E-state index contributed by atoms with van der Waals surface area (Å²) in [5.74, 6) is 0.757. The van der Waals surface area contributed by atoms with Crippen LogP contribution in [0.25, 0.3) is 11.6 Å². The van der Waals surface area contributed by atoms with Gasteiger partial charge in [0.25, 0.3) is 0 Å². The van der Waals surface area contributed by atoms with Crippen LogP contribution in [0.3, 0.4) is 0 Å². The molecule has 0 N–H and O–H groups in total. The number of nitrogens with zero attached hydrogens (tertiary/aromatic N) is 1. The van der Waals surface area contributed by atoms with Crippen molar-refractivity contribution in [3.05, 3.63) is 99.0 Å². The predicted octanol–water partition coefficient (Wildman–Crippen LogP) is 6.75. The van der Waals surface area contributed by atoms with Crippen molar-refractivity contribution in [1.82, 2.24) is 0 Å². The molecule has 0 radical (unpaired) electrons. The van der Waals surface area contributed by atoms with Crippen molar-refractivity contribution < 1.29 is 4.74 Å². The standard InChI is InChI=1S/C22H15BrClNO/c23-21-12-17(11-19(14-25)18-7-4-8-20(24)13-18)9-10-22(21)26-15-16-5-2-1-3-6-16/h1-13H,15H2/b19-11-. The number of allylic oxidation sites excluding steroid dienone is 1. The molecule has 0 aliphatic rings. The molecule has 128 valence electrons. The van der Waals surface area contributed by atoms with Gasteiger partial charge in [-0.25, -0.2) is 0 Å². The Bertz CT molecular complexity index is 977. The molecule has 26 heavy (non-hydrogen) atoms. The lowest BCUT2D eigenvalue weighted by Gasteiger charge is -2.09. The summed E-state index contributed by atoms with van der Waals surface area (Å²) in [5.41, 5.74) is 3.36. The van der Waals surface area contributed by atoms with E-state index in [-0.39, 0.29) is 0 Å². The van der Waals surface area contributed by atoms with Gasteiger partial charge in [0.05, 0.1) is 16.1 Å². The normalized spacial score (nSPS) is 11.0. The first-order chi connectivity index (χ1) is 12.7. The van der Waals surface area contributed by atoms with E-state index >= 15 is 0 Å². The largest absolute Gasteiger partial charge is 0.488 e. The van der Waals surface area contributed by atoms with Crippen molar-refractivity contribution in [2.75, 3.05) is 0 Å². The molecule has 0 unspecified atom stereocenters. The summed E-state index contributed by atoms with van der Waals surface area (Å²) in [5, 5.41) is 10.1. The van der Waals surface area contributed by atoms with E-state index in [1.165, 1.54) is 0 Å². The van der Waals surface area contributed by atoms with Crippen LogP contribution < -0.4 is 4.74 Å². The Morgan fingerprint density at radius 1 is 1.04 bits per heavy atom. The van der Waals surface area contributed by atoms with Gasteiger partial charge in [0, 0.05) is 5.02 Å². The summed E-state index contributed by atoms with van der Waals surface area (Å²) in [6, 6.07) is 25.3. The summed E-state index contributed by atoms with van der Waals surface area (Å²) in [6.45, 7) is 0.501. The SMILES string of the molecule is N#C/C(=C/c1ccc(OCc2ccccc2)c(Br)c1)c1cccc(Cl)c1. The summed E-state index contributed by atoms with van der Waals surface area (Å²) in [4.78, 5) is 0. The fourth-order valence-electron chi connectivity index (χ4n) is 2.46. The monoisotopic (exact) mass is 423 g/mol.